The molecule has 9 heteroatoms. The Hall–Kier alpha value is -3.59. The van der Waals surface area contributed by atoms with Crippen molar-refractivity contribution in [1.29, 1.82) is 0 Å². The minimum Gasteiger partial charge on any atom is -0.444 e. The van der Waals surface area contributed by atoms with Gasteiger partial charge in [-0.05, 0) is 50.6 Å². The minimum absolute atomic E-state index is 0.159. The Bertz CT molecular complexity index is 1020. The van der Waals surface area contributed by atoms with E-state index in [1.54, 1.807) is 18.3 Å². The highest BCUT2D eigenvalue weighted by molar-refractivity contribution is 5.68. The summed E-state index contributed by atoms with van der Waals surface area (Å²) in [4.78, 5) is 28.7. The van der Waals surface area contributed by atoms with Crippen molar-refractivity contribution in [2.75, 3.05) is 5.32 Å². The molecular formula is C21H24N6O3. The van der Waals surface area contributed by atoms with Gasteiger partial charge in [0, 0.05) is 24.0 Å². The van der Waals surface area contributed by atoms with Crippen molar-refractivity contribution in [1.82, 2.24) is 25.3 Å². The van der Waals surface area contributed by atoms with Crippen LogP contribution in [0, 0.1) is 0 Å². The molecular weight excluding hydrogens is 384 g/mol. The number of aliphatic hydroxyl groups excluding tert-OH is 1. The van der Waals surface area contributed by atoms with Crippen LogP contribution in [0.4, 0.5) is 16.4 Å². The summed E-state index contributed by atoms with van der Waals surface area (Å²) in [6.45, 7) is 5.62. The van der Waals surface area contributed by atoms with Gasteiger partial charge in [-0.15, -0.1) is 0 Å². The Morgan fingerprint density at radius 3 is 2.73 bits per heavy atom. The van der Waals surface area contributed by atoms with Crippen molar-refractivity contribution >= 4 is 17.7 Å². The van der Waals surface area contributed by atoms with Crippen LogP contribution in [0.25, 0.3) is 11.4 Å². The number of pyridine rings is 1. The number of carbonyl (C=O) groups is 1. The molecule has 1 aromatic carbocycles. The lowest BCUT2D eigenvalue weighted by Crippen LogP contribution is -2.32. The first kappa shape index (κ1) is 21.1. The monoisotopic (exact) mass is 408 g/mol. The molecule has 3 N–H and O–H groups in total. The molecule has 0 saturated carbocycles. The van der Waals surface area contributed by atoms with Crippen LogP contribution in [-0.2, 0) is 17.9 Å². The second kappa shape index (κ2) is 9.27. The van der Waals surface area contributed by atoms with Gasteiger partial charge in [-0.25, -0.2) is 14.8 Å². The highest BCUT2D eigenvalue weighted by Crippen LogP contribution is 2.19. The van der Waals surface area contributed by atoms with Crippen molar-refractivity contribution in [2.45, 2.75) is 39.5 Å². The fourth-order valence-electron chi connectivity index (χ4n) is 2.58. The molecule has 1 amide bonds. The number of ether oxygens (including phenoxy) is 1. The molecule has 0 radical (unpaired) electrons. The first-order valence-electron chi connectivity index (χ1n) is 9.40. The van der Waals surface area contributed by atoms with Crippen LogP contribution in [0.2, 0.25) is 0 Å². The number of carbonyl (C=O) groups excluding carboxylic acids is 1. The molecule has 3 rings (SSSR count). The van der Waals surface area contributed by atoms with Crippen molar-refractivity contribution in [3.8, 4) is 11.4 Å². The predicted molar refractivity (Wildman–Crippen MR) is 112 cm³/mol. The van der Waals surface area contributed by atoms with Crippen LogP contribution in [0.3, 0.4) is 0 Å². The van der Waals surface area contributed by atoms with Gasteiger partial charge in [0.15, 0.2) is 5.82 Å². The van der Waals surface area contributed by atoms with E-state index in [9.17, 15) is 9.90 Å². The van der Waals surface area contributed by atoms with Crippen LogP contribution in [0.15, 0.2) is 48.9 Å². The smallest absolute Gasteiger partial charge is 0.407 e. The summed E-state index contributed by atoms with van der Waals surface area (Å²) < 4.78 is 5.24. The lowest BCUT2D eigenvalue weighted by molar-refractivity contribution is 0.0523. The Morgan fingerprint density at radius 1 is 1.13 bits per heavy atom. The van der Waals surface area contributed by atoms with Crippen molar-refractivity contribution in [3.05, 3.63) is 60.2 Å². The number of hydrogen-bond acceptors (Lipinski definition) is 8. The van der Waals surface area contributed by atoms with Crippen LogP contribution < -0.4 is 10.6 Å². The molecule has 0 bridgehead atoms. The SMILES string of the molecule is CC(C)(C)OC(=O)NCc1cccc(Nc2ncnc(-c3ccnc(CO)c3)n2)c1. The minimum atomic E-state index is -0.545. The van der Waals surface area contributed by atoms with E-state index < -0.39 is 11.7 Å². The number of nitrogens with one attached hydrogen (secondary N) is 2. The second-order valence-corrected chi connectivity index (χ2v) is 7.51. The molecule has 156 valence electrons. The molecule has 0 fully saturated rings. The topological polar surface area (TPSA) is 122 Å². The molecule has 3 aromatic rings. The lowest BCUT2D eigenvalue weighted by atomic mass is 10.2. The van der Waals surface area contributed by atoms with Gasteiger partial charge in [-0.2, -0.15) is 4.98 Å². The molecule has 30 heavy (non-hydrogen) atoms. The van der Waals surface area contributed by atoms with Crippen LogP contribution in [0.1, 0.15) is 32.0 Å². The van der Waals surface area contributed by atoms with Crippen LogP contribution in [0.5, 0.6) is 0 Å². The zero-order chi connectivity index (χ0) is 21.6. The Balaban J connectivity index is 1.68. The number of aliphatic hydroxyl groups is 1. The molecule has 0 aliphatic carbocycles. The van der Waals surface area contributed by atoms with Gasteiger partial charge in [0.2, 0.25) is 5.95 Å². The Labute approximate surface area is 174 Å². The summed E-state index contributed by atoms with van der Waals surface area (Å²) in [5, 5.41) is 15.1. The maximum Gasteiger partial charge on any atom is 0.407 e. The first-order chi connectivity index (χ1) is 14.3. The van der Waals surface area contributed by atoms with Crippen LogP contribution in [-0.4, -0.2) is 36.7 Å². The fourth-order valence-corrected chi connectivity index (χ4v) is 2.58. The molecule has 0 unspecified atom stereocenters. The number of anilines is 2. The maximum absolute atomic E-state index is 11.8. The highest BCUT2D eigenvalue weighted by atomic mass is 16.6. The summed E-state index contributed by atoms with van der Waals surface area (Å²) in [5.41, 5.74) is 2.38. The van der Waals surface area contributed by atoms with Gasteiger partial charge in [0.05, 0.1) is 12.3 Å². The number of hydrogen-bond donors (Lipinski definition) is 3. The van der Waals surface area contributed by atoms with Crippen molar-refractivity contribution in [3.63, 3.8) is 0 Å². The largest absolute Gasteiger partial charge is 0.444 e. The third-order valence-corrected chi connectivity index (χ3v) is 3.83. The van der Waals surface area contributed by atoms with E-state index in [1.807, 2.05) is 45.0 Å². The molecule has 0 atom stereocenters. The Morgan fingerprint density at radius 2 is 1.97 bits per heavy atom. The van der Waals surface area contributed by atoms with E-state index in [4.69, 9.17) is 4.74 Å². The van der Waals surface area contributed by atoms with Crippen molar-refractivity contribution in [2.24, 2.45) is 0 Å². The normalized spacial score (nSPS) is 11.1. The number of alkyl carbamates (subject to hydrolysis) is 1. The van der Waals surface area contributed by atoms with E-state index in [1.165, 1.54) is 6.33 Å². The summed E-state index contributed by atoms with van der Waals surface area (Å²) in [6, 6.07) is 11.0. The quantitative estimate of drug-likeness (QED) is 0.568. The second-order valence-electron chi connectivity index (χ2n) is 7.51. The van der Waals surface area contributed by atoms with Gasteiger partial charge in [-0.3, -0.25) is 4.98 Å². The number of aromatic nitrogens is 4. The number of amides is 1. The number of nitrogens with zero attached hydrogens (tertiary/aromatic N) is 4. The number of rotatable bonds is 6. The van der Waals surface area contributed by atoms with Gasteiger partial charge >= 0.3 is 6.09 Å². The van der Waals surface area contributed by atoms with Gasteiger partial charge in [-0.1, -0.05) is 12.1 Å². The summed E-state index contributed by atoms with van der Waals surface area (Å²) in [5.74, 6) is 0.840. The van der Waals surface area contributed by atoms with E-state index in [-0.39, 0.29) is 6.61 Å². The van der Waals surface area contributed by atoms with Gasteiger partial charge < -0.3 is 20.5 Å². The molecule has 2 aromatic heterocycles. The molecule has 9 nitrogen and oxygen atoms in total. The number of benzene rings is 1. The van der Waals surface area contributed by atoms with Crippen LogP contribution >= 0.6 is 0 Å². The molecule has 0 aliphatic rings. The fraction of sp³-hybridized carbons (Fsp3) is 0.286. The lowest BCUT2D eigenvalue weighted by Gasteiger charge is -2.19. The summed E-state index contributed by atoms with van der Waals surface area (Å²) >= 11 is 0. The van der Waals surface area contributed by atoms with E-state index in [0.29, 0.717) is 24.0 Å². The first-order valence-corrected chi connectivity index (χ1v) is 9.40. The maximum atomic E-state index is 11.8. The summed E-state index contributed by atoms with van der Waals surface area (Å²) in [6.07, 6.45) is 2.54. The van der Waals surface area contributed by atoms with Gasteiger partial charge in [0.25, 0.3) is 0 Å². The third-order valence-electron chi connectivity index (χ3n) is 3.83. The molecule has 0 saturated heterocycles. The average Bonchev–Trinajstić information content (AvgIpc) is 2.72. The van der Waals surface area contributed by atoms with E-state index >= 15 is 0 Å². The summed E-state index contributed by atoms with van der Waals surface area (Å²) in [7, 11) is 0. The van der Waals surface area contributed by atoms with E-state index in [0.717, 1.165) is 16.8 Å². The molecule has 0 spiro atoms. The predicted octanol–water partition coefficient (Wildman–Crippen LogP) is 3.19. The van der Waals surface area contributed by atoms with Gasteiger partial charge in [0.1, 0.15) is 11.9 Å². The molecule has 0 aliphatic heterocycles. The average molecular weight is 408 g/mol. The zero-order valence-electron chi connectivity index (χ0n) is 17.1. The standard InChI is InChI=1S/C21H24N6O3/c1-21(2,3)30-20(29)23-11-14-5-4-6-16(9-14)26-19-25-13-24-18(27-19)15-7-8-22-17(10-15)12-28/h4-10,13,28H,11-12H2,1-3H3,(H,23,29)(H,24,25,26,27). The Kier molecular flexibility index (Phi) is 6.53. The van der Waals surface area contributed by atoms with Crippen molar-refractivity contribution < 1.29 is 14.6 Å². The van der Waals surface area contributed by atoms with E-state index in [2.05, 4.69) is 30.6 Å². The molecule has 2 heterocycles. The third kappa shape index (κ3) is 6.21. The zero-order valence-corrected chi connectivity index (χ0v) is 17.1. The highest BCUT2D eigenvalue weighted by Gasteiger charge is 2.15.